The second-order valence-corrected chi connectivity index (χ2v) is 7.55. The molecule has 1 amide bonds. The van der Waals surface area contributed by atoms with Crippen molar-refractivity contribution in [1.82, 2.24) is 20.3 Å². The van der Waals surface area contributed by atoms with Crippen LogP contribution in [0.25, 0.3) is 10.9 Å². The van der Waals surface area contributed by atoms with Crippen molar-refractivity contribution in [3.63, 3.8) is 0 Å². The van der Waals surface area contributed by atoms with Gasteiger partial charge in [-0.15, -0.1) is 0 Å². The fraction of sp³-hybridized carbons (Fsp3) is 0.208. The lowest BCUT2D eigenvalue weighted by atomic mass is 10.0. The quantitative estimate of drug-likeness (QED) is 0.417. The van der Waals surface area contributed by atoms with Gasteiger partial charge < -0.3 is 15.6 Å². The van der Waals surface area contributed by atoms with Crippen molar-refractivity contribution in [3.8, 4) is 0 Å². The Morgan fingerprint density at radius 3 is 2.57 bits per heavy atom. The average Bonchev–Trinajstić information content (AvgIpc) is 3.18. The van der Waals surface area contributed by atoms with Gasteiger partial charge in [-0.3, -0.25) is 4.79 Å². The maximum absolute atomic E-state index is 12.4. The summed E-state index contributed by atoms with van der Waals surface area (Å²) in [4.78, 5) is 24.2. The monoisotopic (exact) mass is 399 g/mol. The number of nitrogens with one attached hydrogen (secondary N) is 3. The first-order valence-corrected chi connectivity index (χ1v) is 10.1. The Balaban J connectivity index is 1.31. The van der Waals surface area contributed by atoms with E-state index in [1.165, 1.54) is 22.7 Å². The minimum absolute atomic E-state index is 0.227. The van der Waals surface area contributed by atoms with E-state index in [9.17, 15) is 4.79 Å². The van der Waals surface area contributed by atoms with Crippen LogP contribution in [0.3, 0.4) is 0 Å². The Kier molecular flexibility index (Phi) is 5.75. The van der Waals surface area contributed by atoms with Crippen molar-refractivity contribution in [3.05, 3.63) is 83.9 Å². The molecule has 0 aliphatic carbocycles. The third kappa shape index (κ3) is 4.49. The largest absolute Gasteiger partial charge is 0.361 e. The van der Waals surface area contributed by atoms with Crippen LogP contribution in [0.5, 0.6) is 0 Å². The van der Waals surface area contributed by atoms with Gasteiger partial charge in [0.2, 0.25) is 0 Å². The molecule has 2 aromatic carbocycles. The van der Waals surface area contributed by atoms with E-state index in [2.05, 4.69) is 57.6 Å². The molecular formula is C24H25N5O. The summed E-state index contributed by atoms with van der Waals surface area (Å²) < 4.78 is 0. The van der Waals surface area contributed by atoms with E-state index in [1.54, 1.807) is 6.20 Å². The number of anilines is 2. The number of carbonyl (C=O) groups is 1. The molecule has 4 rings (SSSR count). The molecule has 4 aromatic rings. The van der Waals surface area contributed by atoms with Gasteiger partial charge in [0.15, 0.2) is 0 Å². The maximum atomic E-state index is 12.4. The predicted molar refractivity (Wildman–Crippen MR) is 120 cm³/mol. The van der Waals surface area contributed by atoms with Gasteiger partial charge in [0, 0.05) is 29.3 Å². The van der Waals surface area contributed by atoms with Gasteiger partial charge >= 0.3 is 0 Å². The Hall–Kier alpha value is -3.67. The number of para-hydroxylation sites is 1. The molecule has 2 heterocycles. The van der Waals surface area contributed by atoms with Gasteiger partial charge in [-0.25, -0.2) is 9.97 Å². The highest BCUT2D eigenvalue weighted by Crippen LogP contribution is 2.20. The Morgan fingerprint density at radius 2 is 1.83 bits per heavy atom. The normalized spacial score (nSPS) is 11.0. The molecule has 0 saturated carbocycles. The lowest BCUT2D eigenvalue weighted by Crippen LogP contribution is -2.26. The van der Waals surface area contributed by atoms with Gasteiger partial charge in [0.1, 0.15) is 11.5 Å². The van der Waals surface area contributed by atoms with Crippen LogP contribution in [0, 0.1) is 0 Å². The zero-order chi connectivity index (χ0) is 20.9. The Bertz CT molecular complexity index is 1130. The molecule has 0 aliphatic heterocycles. The van der Waals surface area contributed by atoms with E-state index in [4.69, 9.17) is 0 Å². The number of rotatable bonds is 7. The van der Waals surface area contributed by atoms with E-state index >= 15 is 0 Å². The second-order valence-electron chi connectivity index (χ2n) is 7.55. The summed E-state index contributed by atoms with van der Waals surface area (Å²) in [6, 6.07) is 16.4. The standard InChI is InChI=1S/C24H25N5O/c1-16(2)17-7-9-19(10-8-17)29-23-15-27-22(14-28-23)24(30)25-12-11-18-13-26-21-6-4-3-5-20(18)21/h3-10,13-16,26H,11-12H2,1-2H3,(H,25,30)(H,28,29). The molecule has 6 nitrogen and oxygen atoms in total. The molecule has 0 aliphatic rings. The zero-order valence-electron chi connectivity index (χ0n) is 17.1. The van der Waals surface area contributed by atoms with Crippen molar-refractivity contribution >= 4 is 28.3 Å². The van der Waals surface area contributed by atoms with Gasteiger partial charge in [-0.2, -0.15) is 0 Å². The van der Waals surface area contributed by atoms with Crippen LogP contribution in [-0.2, 0) is 6.42 Å². The lowest BCUT2D eigenvalue weighted by Gasteiger charge is -2.09. The number of benzene rings is 2. The highest BCUT2D eigenvalue weighted by molar-refractivity contribution is 5.92. The maximum Gasteiger partial charge on any atom is 0.271 e. The first-order chi connectivity index (χ1) is 14.6. The third-order valence-corrected chi connectivity index (χ3v) is 5.09. The topological polar surface area (TPSA) is 82.7 Å². The summed E-state index contributed by atoms with van der Waals surface area (Å²) in [5, 5.41) is 7.30. The van der Waals surface area contributed by atoms with Crippen LogP contribution < -0.4 is 10.6 Å². The number of fused-ring (bicyclic) bond motifs is 1. The smallest absolute Gasteiger partial charge is 0.271 e. The fourth-order valence-electron chi connectivity index (χ4n) is 3.35. The molecule has 6 heteroatoms. The molecular weight excluding hydrogens is 374 g/mol. The summed E-state index contributed by atoms with van der Waals surface area (Å²) in [6.07, 6.45) is 5.80. The number of amides is 1. The molecule has 0 spiro atoms. The van der Waals surface area contributed by atoms with E-state index in [0.29, 0.717) is 24.0 Å². The van der Waals surface area contributed by atoms with Crippen LogP contribution in [-0.4, -0.2) is 27.4 Å². The number of H-pyrrole nitrogens is 1. The van der Waals surface area contributed by atoms with E-state index in [1.807, 2.05) is 36.5 Å². The Morgan fingerprint density at radius 1 is 1.03 bits per heavy atom. The number of aromatic amines is 1. The molecule has 0 unspecified atom stereocenters. The van der Waals surface area contributed by atoms with Gasteiger partial charge in [0.25, 0.3) is 5.91 Å². The zero-order valence-corrected chi connectivity index (χ0v) is 17.1. The minimum Gasteiger partial charge on any atom is -0.361 e. The van der Waals surface area contributed by atoms with Gasteiger partial charge in [-0.05, 0) is 41.7 Å². The number of hydrogen-bond donors (Lipinski definition) is 3. The minimum atomic E-state index is -0.227. The van der Waals surface area contributed by atoms with Gasteiger partial charge in [0.05, 0.1) is 12.4 Å². The predicted octanol–water partition coefficient (Wildman–Crippen LogP) is 4.80. The number of carbonyl (C=O) groups excluding carboxylic acids is 1. The molecule has 30 heavy (non-hydrogen) atoms. The SMILES string of the molecule is CC(C)c1ccc(Nc2cnc(C(=O)NCCc3c[nH]c4ccccc34)cn2)cc1. The molecule has 2 aromatic heterocycles. The Labute approximate surface area is 175 Å². The van der Waals surface area contributed by atoms with Gasteiger partial charge in [-0.1, -0.05) is 44.2 Å². The third-order valence-electron chi connectivity index (χ3n) is 5.09. The van der Waals surface area contributed by atoms with E-state index in [-0.39, 0.29) is 5.91 Å². The number of nitrogens with zero attached hydrogens (tertiary/aromatic N) is 2. The van der Waals surface area contributed by atoms with Crippen molar-refractivity contribution in [2.75, 3.05) is 11.9 Å². The molecule has 0 saturated heterocycles. The fourth-order valence-corrected chi connectivity index (χ4v) is 3.35. The van der Waals surface area contributed by atoms with Crippen LogP contribution in [0.15, 0.2) is 67.1 Å². The molecule has 0 radical (unpaired) electrons. The lowest BCUT2D eigenvalue weighted by molar-refractivity contribution is 0.0949. The summed E-state index contributed by atoms with van der Waals surface area (Å²) in [5.41, 5.74) is 4.80. The molecule has 0 bridgehead atoms. The highest BCUT2D eigenvalue weighted by Gasteiger charge is 2.09. The second kappa shape index (κ2) is 8.78. The first-order valence-electron chi connectivity index (χ1n) is 10.1. The first kappa shape index (κ1) is 19.6. The van der Waals surface area contributed by atoms with E-state index < -0.39 is 0 Å². The van der Waals surface area contributed by atoms with Crippen molar-refractivity contribution in [2.45, 2.75) is 26.2 Å². The summed E-state index contributed by atoms with van der Waals surface area (Å²) in [7, 11) is 0. The summed E-state index contributed by atoms with van der Waals surface area (Å²) in [5.74, 6) is 0.866. The highest BCUT2D eigenvalue weighted by atomic mass is 16.1. The molecule has 3 N–H and O–H groups in total. The average molecular weight is 399 g/mol. The van der Waals surface area contributed by atoms with Crippen LogP contribution in [0.1, 0.15) is 41.4 Å². The van der Waals surface area contributed by atoms with E-state index in [0.717, 1.165) is 17.6 Å². The van der Waals surface area contributed by atoms with Crippen molar-refractivity contribution < 1.29 is 4.79 Å². The number of hydrogen-bond acceptors (Lipinski definition) is 4. The van der Waals surface area contributed by atoms with Crippen LogP contribution in [0.4, 0.5) is 11.5 Å². The summed E-state index contributed by atoms with van der Waals surface area (Å²) >= 11 is 0. The molecule has 0 fully saturated rings. The van der Waals surface area contributed by atoms with Crippen molar-refractivity contribution in [1.29, 1.82) is 0 Å². The summed E-state index contributed by atoms with van der Waals surface area (Å²) in [6.45, 7) is 4.86. The van der Waals surface area contributed by atoms with Crippen molar-refractivity contribution in [2.24, 2.45) is 0 Å². The van der Waals surface area contributed by atoms with Crippen LogP contribution in [0.2, 0.25) is 0 Å². The molecule has 152 valence electrons. The van der Waals surface area contributed by atoms with Crippen LogP contribution >= 0.6 is 0 Å². The molecule has 0 atom stereocenters. The number of aromatic nitrogens is 3.